The minimum atomic E-state index is -0.309. The molecule has 1 heterocycles. The van der Waals surface area contributed by atoms with Crippen molar-refractivity contribution in [1.29, 1.82) is 0 Å². The minimum absolute atomic E-state index is 0.290. The molecule has 0 aliphatic heterocycles. The van der Waals surface area contributed by atoms with Crippen LogP contribution >= 0.6 is 0 Å². The van der Waals surface area contributed by atoms with Gasteiger partial charge in [0, 0.05) is 12.6 Å². The minimum Gasteiger partial charge on any atom is -0.489 e. The molecule has 0 unspecified atom stereocenters. The number of aromatic nitrogens is 4. The number of hydrogen-bond donors (Lipinski definition) is 0. The first kappa shape index (κ1) is 23.0. The molecule has 174 valence electrons. The van der Waals surface area contributed by atoms with Gasteiger partial charge in [-0.25, -0.2) is 4.79 Å². The van der Waals surface area contributed by atoms with E-state index in [4.69, 9.17) is 9.57 Å². The molecule has 3 aromatic carbocycles. The Morgan fingerprint density at radius 1 is 0.941 bits per heavy atom. The van der Waals surface area contributed by atoms with E-state index in [1.165, 1.54) is 9.36 Å². The molecule has 0 atom stereocenters. The molecule has 0 bridgehead atoms. The van der Waals surface area contributed by atoms with Crippen LogP contribution in [0.3, 0.4) is 0 Å². The van der Waals surface area contributed by atoms with Crippen LogP contribution in [0.25, 0.3) is 5.69 Å². The normalized spacial score (nSPS) is 11.5. The van der Waals surface area contributed by atoms with Crippen molar-refractivity contribution in [3.05, 3.63) is 105 Å². The largest absolute Gasteiger partial charge is 0.489 e. The fraction of sp³-hybridized carbons (Fsp3) is 0.231. The number of nitrogens with zero attached hydrogens (tertiary/aromatic N) is 5. The number of oxime groups is 1. The number of rotatable bonds is 8. The third kappa shape index (κ3) is 5.06. The van der Waals surface area contributed by atoms with Gasteiger partial charge in [0.2, 0.25) is 0 Å². The molecule has 0 amide bonds. The molecule has 0 N–H and O–H groups in total. The lowest BCUT2D eigenvalue weighted by atomic mass is 10.1. The van der Waals surface area contributed by atoms with Gasteiger partial charge in [0.25, 0.3) is 0 Å². The van der Waals surface area contributed by atoms with Gasteiger partial charge in [-0.3, -0.25) is 0 Å². The smallest absolute Gasteiger partial charge is 0.368 e. The highest BCUT2D eigenvalue weighted by Crippen LogP contribution is 2.24. The summed E-state index contributed by atoms with van der Waals surface area (Å²) in [5.41, 5.74) is 6.01. The van der Waals surface area contributed by atoms with Gasteiger partial charge < -0.3 is 9.57 Å². The maximum absolute atomic E-state index is 12.4. The first-order valence-corrected chi connectivity index (χ1v) is 11.0. The first-order chi connectivity index (χ1) is 16.4. The van der Waals surface area contributed by atoms with Crippen molar-refractivity contribution in [3.63, 3.8) is 0 Å². The molecule has 1 aromatic heterocycles. The van der Waals surface area contributed by atoms with Crippen LogP contribution in [-0.2, 0) is 25.1 Å². The molecule has 0 spiro atoms. The Balaban J connectivity index is 1.47. The third-order valence-corrected chi connectivity index (χ3v) is 5.58. The van der Waals surface area contributed by atoms with E-state index in [-0.39, 0.29) is 5.69 Å². The number of benzene rings is 3. The van der Waals surface area contributed by atoms with Crippen LogP contribution < -0.4 is 10.4 Å². The van der Waals surface area contributed by atoms with E-state index in [1.54, 1.807) is 7.05 Å². The zero-order valence-corrected chi connectivity index (χ0v) is 19.7. The van der Waals surface area contributed by atoms with E-state index in [0.717, 1.165) is 39.3 Å². The number of ether oxygens (including phenoxy) is 1. The zero-order valence-electron chi connectivity index (χ0n) is 19.7. The Kier molecular flexibility index (Phi) is 6.87. The summed E-state index contributed by atoms with van der Waals surface area (Å²) in [4.78, 5) is 17.9. The van der Waals surface area contributed by atoms with Crippen LogP contribution in [0.15, 0.2) is 76.7 Å². The Bertz CT molecular complexity index is 1370. The summed E-state index contributed by atoms with van der Waals surface area (Å²) in [7, 11) is 1.57. The van der Waals surface area contributed by atoms with E-state index in [0.29, 0.717) is 18.9 Å². The number of aryl methyl sites for hydroxylation is 3. The van der Waals surface area contributed by atoms with Gasteiger partial charge in [-0.05, 0) is 77.7 Å². The van der Waals surface area contributed by atoms with Crippen LogP contribution in [0.5, 0.6) is 5.75 Å². The van der Waals surface area contributed by atoms with Gasteiger partial charge in [0.15, 0.2) is 0 Å². The van der Waals surface area contributed by atoms with Crippen molar-refractivity contribution in [2.24, 2.45) is 12.2 Å². The quantitative estimate of drug-likeness (QED) is 0.294. The molecule has 0 saturated heterocycles. The van der Waals surface area contributed by atoms with Crippen LogP contribution in [0.1, 0.15) is 34.7 Å². The molecule has 0 radical (unpaired) electrons. The van der Waals surface area contributed by atoms with E-state index in [2.05, 4.69) is 15.6 Å². The van der Waals surface area contributed by atoms with Crippen molar-refractivity contribution < 1.29 is 9.57 Å². The average Bonchev–Trinajstić information content (AvgIpc) is 3.17. The second-order valence-electron chi connectivity index (χ2n) is 8.07. The summed E-state index contributed by atoms with van der Waals surface area (Å²) < 4.78 is 8.63. The van der Waals surface area contributed by atoms with Crippen molar-refractivity contribution in [1.82, 2.24) is 19.8 Å². The summed E-state index contributed by atoms with van der Waals surface area (Å²) in [6.45, 7) is 6.60. The predicted molar refractivity (Wildman–Crippen MR) is 130 cm³/mol. The van der Waals surface area contributed by atoms with Crippen molar-refractivity contribution >= 4 is 5.71 Å². The highest BCUT2D eigenvalue weighted by atomic mass is 16.6. The van der Waals surface area contributed by atoms with Gasteiger partial charge in [0.1, 0.15) is 19.0 Å². The third-order valence-electron chi connectivity index (χ3n) is 5.58. The van der Waals surface area contributed by atoms with Gasteiger partial charge in [-0.15, -0.1) is 0 Å². The lowest BCUT2D eigenvalue weighted by Gasteiger charge is -2.15. The highest BCUT2D eigenvalue weighted by Gasteiger charge is 2.14. The lowest BCUT2D eigenvalue weighted by molar-refractivity contribution is 0.130. The fourth-order valence-corrected chi connectivity index (χ4v) is 3.55. The summed E-state index contributed by atoms with van der Waals surface area (Å²) in [5, 5.41) is 12.0. The molecular weight excluding hydrogens is 430 g/mol. The standard InChI is InChI=1S/C26H27N5O3/c1-18-9-8-12-24(31-26(32)30(4)28-29-31)23(18)17-33-25-14-13-22(15-19(25)2)20(3)27-34-16-21-10-6-5-7-11-21/h5-15H,16-17H2,1-4H3. The van der Waals surface area contributed by atoms with E-state index in [9.17, 15) is 4.79 Å². The predicted octanol–water partition coefficient (Wildman–Crippen LogP) is 4.10. The molecule has 8 nitrogen and oxygen atoms in total. The van der Waals surface area contributed by atoms with Crippen LogP contribution in [0, 0.1) is 13.8 Å². The highest BCUT2D eigenvalue weighted by molar-refractivity contribution is 5.98. The summed E-state index contributed by atoms with van der Waals surface area (Å²) >= 11 is 0. The molecule has 8 heteroatoms. The molecule has 0 aliphatic carbocycles. The maximum atomic E-state index is 12.4. The molecule has 34 heavy (non-hydrogen) atoms. The fourth-order valence-electron chi connectivity index (χ4n) is 3.55. The monoisotopic (exact) mass is 457 g/mol. The Labute approximate surface area is 198 Å². The van der Waals surface area contributed by atoms with Crippen LogP contribution in [-0.4, -0.2) is 25.5 Å². The van der Waals surface area contributed by atoms with Gasteiger partial charge >= 0.3 is 5.69 Å². The Morgan fingerprint density at radius 3 is 2.44 bits per heavy atom. The van der Waals surface area contributed by atoms with Crippen LogP contribution in [0.2, 0.25) is 0 Å². The number of hydrogen-bond acceptors (Lipinski definition) is 6. The molecule has 0 fully saturated rings. The SMILES string of the molecule is CC(=NOCc1ccccc1)c1ccc(OCc2c(C)cccc2-n2nnn(C)c2=O)c(C)c1. The zero-order chi connectivity index (χ0) is 24.1. The van der Waals surface area contributed by atoms with Crippen molar-refractivity contribution in [2.75, 3.05) is 0 Å². The summed E-state index contributed by atoms with van der Waals surface area (Å²) in [5.74, 6) is 0.752. The second kappa shape index (κ2) is 10.2. The maximum Gasteiger partial charge on any atom is 0.368 e. The second-order valence-corrected chi connectivity index (χ2v) is 8.07. The molecule has 4 aromatic rings. The lowest BCUT2D eigenvalue weighted by Crippen LogP contribution is -2.23. The first-order valence-electron chi connectivity index (χ1n) is 11.0. The van der Waals surface area contributed by atoms with Gasteiger partial charge in [0.05, 0.1) is 11.4 Å². The molecular formula is C26H27N5O3. The van der Waals surface area contributed by atoms with E-state index >= 15 is 0 Å². The summed E-state index contributed by atoms with van der Waals surface area (Å²) in [6.07, 6.45) is 0. The molecule has 4 rings (SSSR count). The van der Waals surface area contributed by atoms with Crippen molar-refractivity contribution in [2.45, 2.75) is 34.0 Å². The van der Waals surface area contributed by atoms with E-state index in [1.807, 2.05) is 87.5 Å². The van der Waals surface area contributed by atoms with E-state index < -0.39 is 0 Å². The van der Waals surface area contributed by atoms with Gasteiger partial charge in [-0.1, -0.05) is 47.6 Å². The topological polar surface area (TPSA) is 83.5 Å². The van der Waals surface area contributed by atoms with Crippen LogP contribution in [0.4, 0.5) is 0 Å². The molecule has 0 saturated carbocycles. The van der Waals surface area contributed by atoms with Gasteiger partial charge in [-0.2, -0.15) is 9.36 Å². The van der Waals surface area contributed by atoms with Crippen molar-refractivity contribution in [3.8, 4) is 11.4 Å². The Morgan fingerprint density at radius 2 is 1.74 bits per heavy atom. The number of tetrazole rings is 1. The average molecular weight is 458 g/mol. The summed E-state index contributed by atoms with van der Waals surface area (Å²) in [6, 6.07) is 21.5. The Hall–Kier alpha value is -4.20. The molecule has 0 aliphatic rings.